The molecule has 0 bridgehead atoms. The van der Waals surface area contributed by atoms with E-state index in [-0.39, 0.29) is 17.7 Å². The predicted molar refractivity (Wildman–Crippen MR) is 101 cm³/mol. The van der Waals surface area contributed by atoms with Gasteiger partial charge in [0.2, 0.25) is 5.91 Å². The first kappa shape index (κ1) is 18.2. The van der Waals surface area contributed by atoms with Crippen molar-refractivity contribution in [2.24, 2.45) is 13.0 Å². The van der Waals surface area contributed by atoms with Gasteiger partial charge in [0.05, 0.1) is 6.54 Å². The summed E-state index contributed by atoms with van der Waals surface area (Å²) in [6.45, 7) is 2.37. The summed E-state index contributed by atoms with van der Waals surface area (Å²) in [7, 11) is 3.66. The van der Waals surface area contributed by atoms with Crippen LogP contribution < -0.4 is 5.32 Å². The predicted octanol–water partition coefficient (Wildman–Crippen LogP) is 3.13. The van der Waals surface area contributed by atoms with Gasteiger partial charge in [-0.25, -0.2) is 4.98 Å². The lowest BCUT2D eigenvalue weighted by molar-refractivity contribution is -0.119. The third kappa shape index (κ3) is 3.95. The molecule has 0 spiro atoms. The molecule has 0 saturated heterocycles. The molecule has 6 nitrogen and oxygen atoms in total. The van der Waals surface area contributed by atoms with Crippen LogP contribution in [0, 0.1) is 12.8 Å². The van der Waals surface area contributed by atoms with Gasteiger partial charge in [-0.2, -0.15) is 0 Å². The fraction of sp³-hybridized carbons (Fsp3) is 0.450. The van der Waals surface area contributed by atoms with Crippen LogP contribution in [-0.2, 0) is 18.4 Å². The maximum Gasteiger partial charge on any atom is 0.254 e. The van der Waals surface area contributed by atoms with Crippen LogP contribution in [0.2, 0.25) is 0 Å². The minimum Gasteiger partial charge on any atom is -0.337 e. The Labute approximate surface area is 154 Å². The standard InChI is InChI=1S/C20H26N4O2/c1-14-8-9-16(12-17(14)22-19(25)15-6-4-5-7-15)20(26)24(3)13-18-21-10-11-23(18)2/h8-12,15H,4-7,13H2,1-3H3,(H,22,25). The number of hydrogen-bond acceptors (Lipinski definition) is 3. The summed E-state index contributed by atoms with van der Waals surface area (Å²) in [5.74, 6) is 0.892. The van der Waals surface area contributed by atoms with Crippen molar-refractivity contribution in [1.82, 2.24) is 14.5 Å². The Kier molecular flexibility index (Phi) is 5.40. The molecule has 1 N–H and O–H groups in total. The zero-order chi connectivity index (χ0) is 18.7. The number of imidazole rings is 1. The van der Waals surface area contributed by atoms with Crippen LogP contribution in [0.5, 0.6) is 0 Å². The number of nitrogens with zero attached hydrogens (tertiary/aromatic N) is 3. The Balaban J connectivity index is 1.72. The van der Waals surface area contributed by atoms with Gasteiger partial charge in [-0.05, 0) is 37.5 Å². The maximum absolute atomic E-state index is 12.8. The summed E-state index contributed by atoms with van der Waals surface area (Å²) >= 11 is 0. The Morgan fingerprint density at radius 2 is 2.04 bits per heavy atom. The normalized spacial score (nSPS) is 14.4. The number of benzene rings is 1. The molecule has 0 aliphatic heterocycles. The summed E-state index contributed by atoms with van der Waals surface area (Å²) in [4.78, 5) is 31.1. The molecule has 1 aromatic heterocycles. The number of rotatable bonds is 5. The number of carbonyl (C=O) groups excluding carboxylic acids is 2. The summed E-state index contributed by atoms with van der Waals surface area (Å²) in [6, 6.07) is 5.46. The molecule has 2 aromatic rings. The van der Waals surface area contributed by atoms with E-state index in [1.54, 1.807) is 30.3 Å². The molecule has 1 heterocycles. The monoisotopic (exact) mass is 354 g/mol. The van der Waals surface area contributed by atoms with Gasteiger partial charge in [0.1, 0.15) is 5.82 Å². The van der Waals surface area contributed by atoms with Gasteiger partial charge in [-0.1, -0.05) is 18.9 Å². The fourth-order valence-electron chi connectivity index (χ4n) is 3.37. The molecule has 6 heteroatoms. The quantitative estimate of drug-likeness (QED) is 0.897. The molecule has 2 amide bonds. The highest BCUT2D eigenvalue weighted by Gasteiger charge is 2.23. The minimum atomic E-state index is -0.0932. The largest absolute Gasteiger partial charge is 0.337 e. The topological polar surface area (TPSA) is 67.2 Å². The number of aryl methyl sites for hydroxylation is 2. The average molecular weight is 354 g/mol. The van der Waals surface area contributed by atoms with E-state index in [0.29, 0.717) is 12.1 Å². The SMILES string of the molecule is Cc1ccc(C(=O)N(C)Cc2nccn2C)cc1NC(=O)C1CCCC1. The Morgan fingerprint density at radius 1 is 1.31 bits per heavy atom. The highest BCUT2D eigenvalue weighted by molar-refractivity contribution is 5.98. The van der Waals surface area contributed by atoms with Crippen LogP contribution >= 0.6 is 0 Å². The van der Waals surface area contributed by atoms with Crippen molar-refractivity contribution in [3.63, 3.8) is 0 Å². The lowest BCUT2D eigenvalue weighted by atomic mass is 10.1. The van der Waals surface area contributed by atoms with Crippen molar-refractivity contribution >= 4 is 17.5 Å². The number of hydrogen-bond donors (Lipinski definition) is 1. The first-order valence-corrected chi connectivity index (χ1v) is 9.09. The van der Waals surface area contributed by atoms with Crippen molar-refractivity contribution in [1.29, 1.82) is 0 Å². The molecule has 138 valence electrons. The maximum atomic E-state index is 12.8. The summed E-state index contributed by atoms with van der Waals surface area (Å²) in [6.07, 6.45) is 7.72. The van der Waals surface area contributed by atoms with Crippen molar-refractivity contribution in [2.75, 3.05) is 12.4 Å². The number of carbonyl (C=O) groups is 2. The van der Waals surface area contributed by atoms with E-state index < -0.39 is 0 Å². The van der Waals surface area contributed by atoms with Crippen molar-refractivity contribution in [3.05, 3.63) is 47.5 Å². The lowest BCUT2D eigenvalue weighted by Crippen LogP contribution is -2.28. The molecule has 1 aliphatic carbocycles. The lowest BCUT2D eigenvalue weighted by Gasteiger charge is -2.18. The third-order valence-electron chi connectivity index (χ3n) is 5.11. The van der Waals surface area contributed by atoms with Crippen molar-refractivity contribution < 1.29 is 9.59 Å². The van der Waals surface area contributed by atoms with Gasteiger partial charge in [0.25, 0.3) is 5.91 Å². The number of anilines is 1. The van der Waals surface area contributed by atoms with Crippen LogP contribution in [0.4, 0.5) is 5.69 Å². The van der Waals surface area contributed by atoms with Crippen LogP contribution in [-0.4, -0.2) is 33.3 Å². The van der Waals surface area contributed by atoms with Crippen molar-refractivity contribution in [2.45, 2.75) is 39.2 Å². The summed E-state index contributed by atoms with van der Waals surface area (Å²) < 4.78 is 1.90. The second-order valence-electron chi connectivity index (χ2n) is 7.12. The molecule has 1 aliphatic rings. The third-order valence-corrected chi connectivity index (χ3v) is 5.11. The first-order chi connectivity index (χ1) is 12.5. The smallest absolute Gasteiger partial charge is 0.254 e. The van der Waals surface area contributed by atoms with Gasteiger partial charge in [0, 0.05) is 43.7 Å². The summed E-state index contributed by atoms with van der Waals surface area (Å²) in [5, 5.41) is 3.01. The highest BCUT2D eigenvalue weighted by Crippen LogP contribution is 2.27. The molecule has 0 atom stereocenters. The minimum absolute atomic E-state index is 0.0663. The molecule has 3 rings (SSSR count). The zero-order valence-corrected chi connectivity index (χ0v) is 15.7. The molecule has 0 unspecified atom stereocenters. The molecular formula is C20H26N4O2. The average Bonchev–Trinajstić information content (AvgIpc) is 3.28. The van der Waals surface area contributed by atoms with E-state index in [0.717, 1.165) is 42.8 Å². The fourth-order valence-corrected chi connectivity index (χ4v) is 3.37. The van der Waals surface area contributed by atoms with Gasteiger partial charge in [0.15, 0.2) is 0 Å². The number of nitrogens with one attached hydrogen (secondary N) is 1. The van der Waals surface area contributed by atoms with Crippen LogP contribution in [0.3, 0.4) is 0 Å². The Morgan fingerprint density at radius 3 is 2.69 bits per heavy atom. The second kappa shape index (κ2) is 7.72. The first-order valence-electron chi connectivity index (χ1n) is 9.09. The van der Waals surface area contributed by atoms with Crippen LogP contribution in [0.1, 0.15) is 47.4 Å². The van der Waals surface area contributed by atoms with Gasteiger partial charge >= 0.3 is 0 Å². The number of amides is 2. The molecule has 1 saturated carbocycles. The van der Waals surface area contributed by atoms with Crippen LogP contribution in [0.25, 0.3) is 0 Å². The second-order valence-corrected chi connectivity index (χ2v) is 7.12. The van der Waals surface area contributed by atoms with E-state index in [4.69, 9.17) is 0 Å². The highest BCUT2D eigenvalue weighted by atomic mass is 16.2. The zero-order valence-electron chi connectivity index (χ0n) is 15.7. The van der Waals surface area contributed by atoms with Gasteiger partial charge in [-0.15, -0.1) is 0 Å². The van der Waals surface area contributed by atoms with Crippen molar-refractivity contribution in [3.8, 4) is 0 Å². The Bertz CT molecular complexity index is 806. The Hall–Kier alpha value is -2.63. The van der Waals surface area contributed by atoms with Crippen LogP contribution in [0.15, 0.2) is 30.6 Å². The van der Waals surface area contributed by atoms with E-state index in [2.05, 4.69) is 10.3 Å². The molecule has 1 aromatic carbocycles. The molecule has 0 radical (unpaired) electrons. The summed E-state index contributed by atoms with van der Waals surface area (Å²) in [5.41, 5.74) is 2.24. The number of aromatic nitrogens is 2. The van der Waals surface area contributed by atoms with Gasteiger partial charge in [-0.3, -0.25) is 9.59 Å². The molecular weight excluding hydrogens is 328 g/mol. The van der Waals surface area contributed by atoms with E-state index in [9.17, 15) is 9.59 Å². The molecule has 26 heavy (non-hydrogen) atoms. The van der Waals surface area contributed by atoms with E-state index >= 15 is 0 Å². The molecule has 1 fully saturated rings. The van der Waals surface area contributed by atoms with E-state index in [1.165, 1.54) is 0 Å². The van der Waals surface area contributed by atoms with Gasteiger partial charge < -0.3 is 14.8 Å². The van der Waals surface area contributed by atoms with E-state index in [1.807, 2.05) is 30.8 Å².